The van der Waals surface area contributed by atoms with Crippen LogP contribution in [0.1, 0.15) is 30.4 Å². The molecule has 2 rings (SSSR count). The van der Waals surface area contributed by atoms with Gasteiger partial charge in [-0.15, -0.1) is 24.0 Å². The van der Waals surface area contributed by atoms with E-state index in [1.54, 1.807) is 26.1 Å². The van der Waals surface area contributed by atoms with E-state index in [0.29, 0.717) is 12.1 Å². The smallest absolute Gasteiger partial charge is 0.191 e. The topological polar surface area (TPSA) is 39.7 Å². The number of hydrogen-bond donors (Lipinski definition) is 2. The molecule has 0 radical (unpaired) electrons. The van der Waals surface area contributed by atoms with Gasteiger partial charge in [0, 0.05) is 26.7 Å². The molecule has 0 unspecified atom stereocenters. The molecule has 130 valence electrons. The van der Waals surface area contributed by atoms with E-state index in [2.05, 4.69) is 20.5 Å². The van der Waals surface area contributed by atoms with Gasteiger partial charge >= 0.3 is 0 Å². The maximum absolute atomic E-state index is 13.5. The van der Waals surface area contributed by atoms with Crippen LogP contribution >= 0.6 is 24.0 Å². The zero-order chi connectivity index (χ0) is 15.8. The fourth-order valence-corrected chi connectivity index (χ4v) is 2.67. The molecule has 6 heteroatoms. The van der Waals surface area contributed by atoms with Crippen molar-refractivity contribution in [2.75, 3.05) is 33.2 Å². The number of rotatable bonds is 5. The van der Waals surface area contributed by atoms with Crippen molar-refractivity contribution < 1.29 is 4.39 Å². The number of guanidine groups is 1. The van der Waals surface area contributed by atoms with Crippen molar-refractivity contribution >= 4 is 29.9 Å². The van der Waals surface area contributed by atoms with E-state index < -0.39 is 0 Å². The predicted molar refractivity (Wildman–Crippen MR) is 105 cm³/mol. The molecule has 0 bridgehead atoms. The molecule has 23 heavy (non-hydrogen) atoms. The summed E-state index contributed by atoms with van der Waals surface area (Å²) >= 11 is 0. The van der Waals surface area contributed by atoms with Crippen LogP contribution in [0.3, 0.4) is 0 Å². The SMILES string of the molecule is CN=C(NCCN1CCCCC1)NCc1ccc(C)c(F)c1.I. The second kappa shape index (κ2) is 10.8. The minimum Gasteiger partial charge on any atom is -0.355 e. The average molecular weight is 434 g/mol. The Morgan fingerprint density at radius 1 is 1.22 bits per heavy atom. The van der Waals surface area contributed by atoms with Gasteiger partial charge in [-0.2, -0.15) is 0 Å². The average Bonchev–Trinajstić information content (AvgIpc) is 2.55. The Morgan fingerprint density at radius 3 is 2.61 bits per heavy atom. The van der Waals surface area contributed by atoms with Crippen molar-refractivity contribution in [2.45, 2.75) is 32.7 Å². The highest BCUT2D eigenvalue weighted by atomic mass is 127. The van der Waals surface area contributed by atoms with Crippen molar-refractivity contribution in [3.63, 3.8) is 0 Å². The zero-order valence-corrected chi connectivity index (χ0v) is 16.4. The summed E-state index contributed by atoms with van der Waals surface area (Å²) in [5.74, 6) is 0.602. The van der Waals surface area contributed by atoms with Crippen LogP contribution in [-0.4, -0.2) is 44.1 Å². The number of halogens is 2. The van der Waals surface area contributed by atoms with Gasteiger partial charge in [-0.25, -0.2) is 4.39 Å². The Bertz CT molecular complexity index is 501. The van der Waals surface area contributed by atoms with Crippen molar-refractivity contribution in [1.29, 1.82) is 0 Å². The molecular weight excluding hydrogens is 406 g/mol. The maximum atomic E-state index is 13.5. The van der Waals surface area contributed by atoms with Crippen molar-refractivity contribution in [2.24, 2.45) is 4.99 Å². The number of nitrogens with one attached hydrogen (secondary N) is 2. The summed E-state index contributed by atoms with van der Waals surface area (Å²) in [4.78, 5) is 6.69. The Hall–Kier alpha value is -0.890. The number of benzene rings is 1. The summed E-state index contributed by atoms with van der Waals surface area (Å²) in [6.45, 7) is 6.67. The zero-order valence-electron chi connectivity index (χ0n) is 14.1. The van der Waals surface area contributed by atoms with Crippen molar-refractivity contribution in [1.82, 2.24) is 15.5 Å². The minimum atomic E-state index is -0.160. The lowest BCUT2D eigenvalue weighted by Crippen LogP contribution is -2.42. The van der Waals surface area contributed by atoms with E-state index in [4.69, 9.17) is 0 Å². The molecule has 1 aromatic rings. The molecule has 1 saturated heterocycles. The molecule has 1 heterocycles. The first-order valence-corrected chi connectivity index (χ1v) is 8.11. The van der Waals surface area contributed by atoms with Crippen LogP contribution in [0.25, 0.3) is 0 Å². The highest BCUT2D eigenvalue weighted by Gasteiger charge is 2.09. The largest absolute Gasteiger partial charge is 0.355 e. The Labute approximate surface area is 156 Å². The van der Waals surface area contributed by atoms with Gasteiger partial charge in [0.15, 0.2) is 5.96 Å². The first-order chi connectivity index (χ1) is 10.7. The molecule has 0 aliphatic carbocycles. The van der Waals surface area contributed by atoms with Crippen LogP contribution in [0.2, 0.25) is 0 Å². The summed E-state index contributed by atoms with van der Waals surface area (Å²) in [7, 11) is 1.76. The first-order valence-electron chi connectivity index (χ1n) is 8.11. The van der Waals surface area contributed by atoms with Gasteiger partial charge < -0.3 is 15.5 Å². The van der Waals surface area contributed by atoms with Crippen molar-refractivity contribution in [3.05, 3.63) is 35.1 Å². The van der Waals surface area contributed by atoms with Crippen molar-refractivity contribution in [3.8, 4) is 0 Å². The fourth-order valence-electron chi connectivity index (χ4n) is 2.67. The molecule has 0 atom stereocenters. The first kappa shape index (κ1) is 20.2. The maximum Gasteiger partial charge on any atom is 0.191 e. The van der Waals surface area contributed by atoms with Crippen LogP contribution in [0, 0.1) is 12.7 Å². The van der Waals surface area contributed by atoms with Crippen LogP contribution < -0.4 is 10.6 Å². The van der Waals surface area contributed by atoms with E-state index in [0.717, 1.165) is 24.6 Å². The number of likely N-dealkylation sites (tertiary alicyclic amines) is 1. The third-order valence-corrected chi connectivity index (χ3v) is 4.09. The minimum absolute atomic E-state index is 0. The Balaban J connectivity index is 0.00000264. The molecule has 4 nitrogen and oxygen atoms in total. The van der Waals surface area contributed by atoms with Gasteiger partial charge in [-0.05, 0) is 50.0 Å². The van der Waals surface area contributed by atoms with E-state index in [9.17, 15) is 4.39 Å². The molecule has 0 spiro atoms. The number of aryl methyl sites for hydroxylation is 1. The standard InChI is InChI=1S/C17H27FN4.HI/c1-14-6-7-15(12-16(14)18)13-21-17(19-2)20-8-11-22-9-4-3-5-10-22;/h6-7,12H,3-5,8-11,13H2,1-2H3,(H2,19,20,21);1H. The second-order valence-electron chi connectivity index (χ2n) is 5.84. The summed E-state index contributed by atoms with van der Waals surface area (Å²) in [6, 6.07) is 5.31. The quantitative estimate of drug-likeness (QED) is 0.426. The lowest BCUT2D eigenvalue weighted by molar-refractivity contribution is 0.232. The normalized spacial score (nSPS) is 15.9. The molecule has 1 aliphatic rings. The van der Waals surface area contributed by atoms with Gasteiger partial charge in [0.1, 0.15) is 5.82 Å². The number of hydrogen-bond acceptors (Lipinski definition) is 2. The van der Waals surface area contributed by atoms with Gasteiger partial charge in [-0.1, -0.05) is 18.6 Å². The van der Waals surface area contributed by atoms with Gasteiger partial charge in [0.2, 0.25) is 0 Å². The third kappa shape index (κ3) is 7.03. The van der Waals surface area contributed by atoms with E-state index >= 15 is 0 Å². The summed E-state index contributed by atoms with van der Waals surface area (Å²) < 4.78 is 13.5. The molecule has 2 N–H and O–H groups in total. The van der Waals surface area contributed by atoms with Crippen LogP contribution in [-0.2, 0) is 6.54 Å². The Kier molecular flexibility index (Phi) is 9.47. The molecule has 1 aliphatic heterocycles. The third-order valence-electron chi connectivity index (χ3n) is 4.09. The summed E-state index contributed by atoms with van der Waals surface area (Å²) in [6.07, 6.45) is 3.98. The second-order valence-corrected chi connectivity index (χ2v) is 5.84. The molecule has 1 fully saturated rings. The number of nitrogens with zero attached hydrogens (tertiary/aromatic N) is 2. The van der Waals surface area contributed by atoms with Crippen LogP contribution in [0.5, 0.6) is 0 Å². The molecular formula is C17H28FIN4. The molecule has 0 saturated carbocycles. The van der Waals surface area contributed by atoms with E-state index in [-0.39, 0.29) is 29.8 Å². The van der Waals surface area contributed by atoms with E-state index in [1.165, 1.54) is 32.4 Å². The van der Waals surface area contributed by atoms with Gasteiger partial charge in [-0.3, -0.25) is 4.99 Å². The lowest BCUT2D eigenvalue weighted by atomic mass is 10.1. The number of piperidine rings is 1. The Morgan fingerprint density at radius 2 is 1.96 bits per heavy atom. The molecule has 0 aromatic heterocycles. The van der Waals surface area contributed by atoms with Gasteiger partial charge in [0.05, 0.1) is 0 Å². The van der Waals surface area contributed by atoms with Crippen LogP contribution in [0.4, 0.5) is 4.39 Å². The highest BCUT2D eigenvalue weighted by Crippen LogP contribution is 2.09. The monoisotopic (exact) mass is 434 g/mol. The summed E-state index contributed by atoms with van der Waals surface area (Å²) in [5.41, 5.74) is 1.59. The lowest BCUT2D eigenvalue weighted by Gasteiger charge is -2.26. The summed E-state index contributed by atoms with van der Waals surface area (Å²) in [5, 5.41) is 6.54. The predicted octanol–water partition coefficient (Wildman–Crippen LogP) is 2.90. The van der Waals surface area contributed by atoms with E-state index in [1.807, 2.05) is 6.07 Å². The molecule has 0 amide bonds. The van der Waals surface area contributed by atoms with Crippen LogP contribution in [0.15, 0.2) is 23.2 Å². The molecule has 1 aromatic carbocycles. The van der Waals surface area contributed by atoms with Gasteiger partial charge in [0.25, 0.3) is 0 Å². The number of aliphatic imine (C=N–C) groups is 1. The fraction of sp³-hybridized carbons (Fsp3) is 0.588. The highest BCUT2D eigenvalue weighted by molar-refractivity contribution is 14.0.